The lowest BCUT2D eigenvalue weighted by atomic mass is 9.58. The molecule has 1 aliphatic carbocycles. The highest BCUT2D eigenvalue weighted by Gasteiger charge is 2.59. The summed E-state index contributed by atoms with van der Waals surface area (Å²) in [6.45, 7) is 3.38. The summed E-state index contributed by atoms with van der Waals surface area (Å²) >= 11 is -0.161. The zero-order chi connectivity index (χ0) is 29.5. The number of hydrogen-bond acceptors (Lipinski definition) is 6. The topological polar surface area (TPSA) is 73.9 Å². The first-order valence-electron chi connectivity index (χ1n) is 13.4. The Hall–Kier alpha value is -3.56. The second-order valence-electron chi connectivity index (χ2n) is 10.6. The largest absolute Gasteiger partial charge is 0.495 e. The number of benzene rings is 1. The van der Waals surface area contributed by atoms with Crippen LogP contribution in [-0.4, -0.2) is 66.6 Å². The first kappa shape index (κ1) is 29.0. The average Bonchev–Trinajstić information content (AvgIpc) is 3.28. The van der Waals surface area contributed by atoms with E-state index in [1.54, 1.807) is 48.1 Å². The van der Waals surface area contributed by atoms with Gasteiger partial charge in [-0.1, -0.05) is 18.8 Å². The van der Waals surface area contributed by atoms with Gasteiger partial charge >= 0.3 is 5.51 Å². The van der Waals surface area contributed by atoms with Crippen LogP contribution >= 0.6 is 11.8 Å². The second-order valence-corrected chi connectivity index (χ2v) is 11.7. The molecule has 3 aromatic rings. The number of thioether (sulfide) groups is 1. The summed E-state index contributed by atoms with van der Waals surface area (Å²) in [5.74, 6) is 7.33. The third-order valence-corrected chi connectivity index (χ3v) is 9.23. The van der Waals surface area contributed by atoms with Crippen molar-refractivity contribution in [2.45, 2.75) is 41.9 Å². The number of methoxy groups -OCH3 is 1. The summed E-state index contributed by atoms with van der Waals surface area (Å²) in [6, 6.07) is 7.21. The Bertz CT molecular complexity index is 1540. The SMILES string of the molecule is CNC(=O)c1ccc(NCC#Cc2cc3c(N[C@@]45CCN(C)C(C4)[C@@H]5C)[n+](C)ccn3c2SC(F)(F)F)c(OC)c1. The molecule has 0 radical (unpaired) electrons. The molecule has 3 fully saturated rings. The number of hydrogen-bond donors (Lipinski definition) is 3. The Morgan fingerprint density at radius 3 is 2.76 bits per heavy atom. The Morgan fingerprint density at radius 1 is 1.32 bits per heavy atom. The van der Waals surface area contributed by atoms with Crippen LogP contribution in [0.15, 0.2) is 41.7 Å². The van der Waals surface area contributed by atoms with Gasteiger partial charge in [-0.3, -0.25) is 14.5 Å². The molecule has 1 saturated carbocycles. The van der Waals surface area contributed by atoms with Crippen LogP contribution in [0, 0.1) is 17.8 Å². The van der Waals surface area contributed by atoms with Gasteiger partial charge in [0.1, 0.15) is 28.0 Å². The fourth-order valence-electron chi connectivity index (χ4n) is 5.93. The Kier molecular flexibility index (Phi) is 7.78. The number of aromatic nitrogens is 2. The van der Waals surface area contributed by atoms with Crippen LogP contribution < -0.4 is 25.3 Å². The molecule has 1 amide bonds. The number of alkyl halides is 3. The number of aryl methyl sites for hydroxylation is 1. The third kappa shape index (κ3) is 5.53. The Morgan fingerprint density at radius 2 is 2.10 bits per heavy atom. The molecule has 41 heavy (non-hydrogen) atoms. The summed E-state index contributed by atoms with van der Waals surface area (Å²) < 4.78 is 49.9. The van der Waals surface area contributed by atoms with E-state index in [1.165, 1.54) is 7.11 Å². The molecule has 2 saturated heterocycles. The lowest BCUT2D eigenvalue weighted by Gasteiger charge is -2.59. The summed E-state index contributed by atoms with van der Waals surface area (Å²) in [6.07, 6.45) is 5.40. The minimum absolute atomic E-state index is 0.0246. The molecule has 2 aromatic heterocycles. The molecule has 6 rings (SSSR count). The molecule has 0 spiro atoms. The number of fused-ring (bicyclic) bond motifs is 3. The van der Waals surface area contributed by atoms with Crippen LogP contribution in [0.5, 0.6) is 5.75 Å². The number of nitrogens with one attached hydrogen (secondary N) is 3. The van der Waals surface area contributed by atoms with Crippen molar-refractivity contribution >= 4 is 34.7 Å². The maximum atomic E-state index is 13.7. The molecule has 3 atom stereocenters. The highest BCUT2D eigenvalue weighted by atomic mass is 32.2. The molecule has 8 nitrogen and oxygen atoms in total. The van der Waals surface area contributed by atoms with E-state index < -0.39 is 5.51 Å². The van der Waals surface area contributed by atoms with Gasteiger partial charge in [0, 0.05) is 61.9 Å². The molecule has 3 aliphatic rings. The van der Waals surface area contributed by atoms with Gasteiger partial charge in [0.15, 0.2) is 0 Å². The number of anilines is 2. The predicted molar refractivity (Wildman–Crippen MR) is 153 cm³/mol. The fraction of sp³-hybridized carbons (Fsp3) is 0.448. The third-order valence-electron chi connectivity index (χ3n) is 8.38. The number of carbonyl (C=O) groups excluding carboxylic acids is 1. The van der Waals surface area contributed by atoms with Crippen LogP contribution in [-0.2, 0) is 7.05 Å². The maximum Gasteiger partial charge on any atom is 0.447 e. The van der Waals surface area contributed by atoms with E-state index in [0.29, 0.717) is 40.0 Å². The van der Waals surface area contributed by atoms with Gasteiger partial charge in [0.05, 0.1) is 32.0 Å². The van der Waals surface area contributed by atoms with E-state index in [2.05, 4.69) is 46.7 Å². The lowest BCUT2D eigenvalue weighted by Crippen LogP contribution is -2.71. The molecule has 2 aliphatic heterocycles. The minimum Gasteiger partial charge on any atom is -0.495 e. The molecule has 12 heteroatoms. The molecule has 1 aromatic carbocycles. The molecular formula is C29H34F3N6O2S+. The molecule has 4 heterocycles. The van der Waals surface area contributed by atoms with Crippen LogP contribution in [0.4, 0.5) is 24.7 Å². The average molecular weight is 588 g/mol. The highest BCUT2D eigenvalue weighted by molar-refractivity contribution is 8.00. The van der Waals surface area contributed by atoms with Gasteiger partial charge in [-0.15, -0.1) is 0 Å². The van der Waals surface area contributed by atoms with Gasteiger partial charge in [-0.2, -0.15) is 13.2 Å². The second kappa shape index (κ2) is 11.0. The van der Waals surface area contributed by atoms with Crippen LogP contribution in [0.2, 0.25) is 0 Å². The van der Waals surface area contributed by atoms with Gasteiger partial charge in [0.25, 0.3) is 11.7 Å². The van der Waals surface area contributed by atoms with E-state index in [1.807, 2.05) is 11.6 Å². The highest BCUT2D eigenvalue weighted by Crippen LogP contribution is 2.50. The number of rotatable bonds is 7. The number of amides is 1. The standard InChI is InChI=1S/C29H33F3N6O2S/c1-18-23-17-28(18,10-12-36(23)3)35-25-22-15-20(27(41-29(30,31)32)38(22)14-13-37(25)4)7-6-11-34-21-9-8-19(26(39)33-2)16-24(21)40-5/h8-9,13-16,18,23H,10-12,17H2,1-5H3,(H2,33,34,39)/p+1/t18-,23?,28-/m0/s1. The first-order chi connectivity index (χ1) is 19.5. The minimum atomic E-state index is -4.48. The van der Waals surface area contributed by atoms with Crippen molar-refractivity contribution in [1.29, 1.82) is 0 Å². The van der Waals surface area contributed by atoms with Crippen molar-refractivity contribution in [2.24, 2.45) is 13.0 Å². The van der Waals surface area contributed by atoms with Crippen LogP contribution in [0.1, 0.15) is 35.7 Å². The summed E-state index contributed by atoms with van der Waals surface area (Å²) in [7, 11) is 7.09. The Balaban J connectivity index is 1.44. The van der Waals surface area contributed by atoms with E-state index in [9.17, 15) is 18.0 Å². The van der Waals surface area contributed by atoms with Gasteiger partial charge in [0.2, 0.25) is 0 Å². The van der Waals surface area contributed by atoms with E-state index in [0.717, 1.165) is 25.2 Å². The molecule has 1 unspecified atom stereocenters. The van der Waals surface area contributed by atoms with Crippen molar-refractivity contribution < 1.29 is 27.3 Å². The number of halogens is 3. The zero-order valence-corrected chi connectivity index (χ0v) is 24.5. The molecular weight excluding hydrogens is 553 g/mol. The maximum absolute atomic E-state index is 13.7. The van der Waals surface area contributed by atoms with Crippen molar-refractivity contribution in [2.75, 3.05) is 44.9 Å². The van der Waals surface area contributed by atoms with Crippen LogP contribution in [0.25, 0.3) is 5.52 Å². The fourth-order valence-corrected chi connectivity index (χ4v) is 6.63. The molecule has 218 valence electrons. The van der Waals surface area contributed by atoms with Gasteiger partial charge < -0.3 is 20.3 Å². The molecule has 3 N–H and O–H groups in total. The zero-order valence-electron chi connectivity index (χ0n) is 23.6. The van der Waals surface area contributed by atoms with Crippen molar-refractivity contribution in [3.63, 3.8) is 0 Å². The molecule has 2 bridgehead atoms. The number of piperidine rings is 2. The smallest absolute Gasteiger partial charge is 0.447 e. The predicted octanol–water partition coefficient (Wildman–Crippen LogP) is 4.10. The number of carbonyl (C=O) groups is 1. The van der Waals surface area contributed by atoms with Crippen molar-refractivity contribution in [3.05, 3.63) is 47.8 Å². The van der Waals surface area contributed by atoms with Crippen LogP contribution in [0.3, 0.4) is 0 Å². The first-order valence-corrected chi connectivity index (χ1v) is 14.2. The normalized spacial score (nSPS) is 22.0. The summed E-state index contributed by atoms with van der Waals surface area (Å²) in [5, 5.41) is 9.46. The van der Waals surface area contributed by atoms with Crippen molar-refractivity contribution in [1.82, 2.24) is 14.6 Å². The van der Waals surface area contributed by atoms with E-state index in [4.69, 9.17) is 4.74 Å². The quantitative estimate of drug-likeness (QED) is 0.220. The Labute approximate surface area is 241 Å². The van der Waals surface area contributed by atoms with E-state index in [-0.39, 0.29) is 34.8 Å². The van der Waals surface area contributed by atoms with Gasteiger partial charge in [-0.05, 0) is 31.3 Å². The summed E-state index contributed by atoms with van der Waals surface area (Å²) in [5.41, 5.74) is -2.55. The lowest BCUT2D eigenvalue weighted by molar-refractivity contribution is -0.657. The monoisotopic (exact) mass is 587 g/mol. The number of ether oxygens (including phenoxy) is 1. The van der Waals surface area contributed by atoms with Crippen molar-refractivity contribution in [3.8, 4) is 17.6 Å². The van der Waals surface area contributed by atoms with Gasteiger partial charge in [-0.25, -0.2) is 4.57 Å². The van der Waals surface area contributed by atoms with E-state index >= 15 is 0 Å². The number of nitrogens with zero attached hydrogens (tertiary/aromatic N) is 3. The summed E-state index contributed by atoms with van der Waals surface area (Å²) in [4.78, 5) is 14.3.